The van der Waals surface area contributed by atoms with E-state index in [0.717, 1.165) is 11.1 Å². The maximum absolute atomic E-state index is 10.8. The van der Waals surface area contributed by atoms with E-state index in [1.54, 1.807) is 12.1 Å². The van der Waals surface area contributed by atoms with Crippen molar-refractivity contribution in [1.82, 2.24) is 0 Å². The maximum Gasteiger partial charge on any atom is 0.272 e. The molecule has 0 fully saturated rings. The van der Waals surface area contributed by atoms with Crippen molar-refractivity contribution in [2.45, 2.75) is 19.3 Å². The minimum Gasteiger partial charge on any atom is -0.258 e. The molecule has 0 aliphatic heterocycles. The van der Waals surface area contributed by atoms with Gasteiger partial charge in [-0.15, -0.1) is 6.58 Å². The van der Waals surface area contributed by atoms with Crippen LogP contribution in [0.2, 0.25) is 0 Å². The van der Waals surface area contributed by atoms with Gasteiger partial charge in [-0.3, -0.25) is 10.1 Å². The van der Waals surface area contributed by atoms with Gasteiger partial charge >= 0.3 is 0 Å². The lowest BCUT2D eigenvalue weighted by atomic mass is 9.93. The lowest BCUT2D eigenvalue weighted by molar-refractivity contribution is -0.385. The van der Waals surface area contributed by atoms with E-state index in [-0.39, 0.29) is 16.5 Å². The lowest BCUT2D eigenvalue weighted by Gasteiger charge is -2.11. The van der Waals surface area contributed by atoms with E-state index >= 15 is 0 Å². The van der Waals surface area contributed by atoms with Crippen molar-refractivity contribution in [2.24, 2.45) is 0 Å². The van der Waals surface area contributed by atoms with Crippen LogP contribution in [0.25, 0.3) is 0 Å². The number of rotatable bonds is 4. The van der Waals surface area contributed by atoms with Crippen molar-refractivity contribution >= 4 is 5.69 Å². The fraction of sp³-hybridized carbons (Fsp3) is 0.250. The van der Waals surface area contributed by atoms with E-state index in [1.807, 2.05) is 13.0 Å². The molecule has 0 saturated carbocycles. The van der Waals surface area contributed by atoms with Gasteiger partial charge in [0.25, 0.3) is 5.69 Å². The molecule has 15 heavy (non-hydrogen) atoms. The summed E-state index contributed by atoms with van der Waals surface area (Å²) in [7, 11) is 0. The zero-order chi connectivity index (χ0) is 11.4. The highest BCUT2D eigenvalue weighted by Gasteiger charge is 2.17. The van der Waals surface area contributed by atoms with Gasteiger partial charge in [-0.25, -0.2) is 0 Å². The van der Waals surface area contributed by atoms with Gasteiger partial charge in [0, 0.05) is 17.5 Å². The third-order valence-corrected chi connectivity index (χ3v) is 2.42. The molecule has 0 bridgehead atoms. The number of hydrogen-bond donors (Lipinski definition) is 0. The van der Waals surface area contributed by atoms with Gasteiger partial charge in [-0.1, -0.05) is 25.1 Å². The quantitative estimate of drug-likeness (QED) is 0.429. The fourth-order valence-electron chi connectivity index (χ4n) is 1.62. The van der Waals surface area contributed by atoms with Crippen LogP contribution in [0.4, 0.5) is 5.69 Å². The minimum atomic E-state index is -0.349. The summed E-state index contributed by atoms with van der Waals surface area (Å²) in [5.41, 5.74) is 1.81. The highest BCUT2D eigenvalue weighted by molar-refractivity contribution is 5.48. The molecule has 79 valence electrons. The van der Waals surface area contributed by atoms with Crippen LogP contribution in [0.5, 0.6) is 0 Å². The number of allylic oxidation sites excluding steroid dienone is 1. The second kappa shape index (κ2) is 4.73. The van der Waals surface area contributed by atoms with E-state index in [0.29, 0.717) is 6.42 Å². The summed E-state index contributed by atoms with van der Waals surface area (Å²) in [5, 5.41) is 10.8. The molecule has 0 saturated heterocycles. The van der Waals surface area contributed by atoms with Crippen LogP contribution >= 0.6 is 0 Å². The van der Waals surface area contributed by atoms with Crippen LogP contribution < -0.4 is 0 Å². The van der Waals surface area contributed by atoms with Crippen LogP contribution in [0.1, 0.15) is 24.0 Å². The summed E-state index contributed by atoms with van der Waals surface area (Å²) in [6, 6.07) is 5.08. The van der Waals surface area contributed by atoms with Gasteiger partial charge in [0.05, 0.1) is 4.92 Å². The number of hydrogen-bond acceptors (Lipinski definition) is 2. The summed E-state index contributed by atoms with van der Waals surface area (Å²) < 4.78 is 0. The molecule has 0 heterocycles. The number of nitrogens with zero attached hydrogens (tertiary/aromatic N) is 1. The molecule has 3 heteroatoms. The Balaban J connectivity index is 3.34. The Labute approximate surface area is 89.6 Å². The Kier molecular flexibility index (Phi) is 3.61. The van der Waals surface area contributed by atoms with Crippen molar-refractivity contribution in [2.75, 3.05) is 0 Å². The second-order valence-electron chi connectivity index (χ2n) is 3.30. The Hall–Kier alpha value is -1.64. The number of nitro benzene ring substituents is 1. The number of benzene rings is 1. The molecule has 1 aromatic carbocycles. The molecule has 1 rings (SSSR count). The molecule has 1 unspecified atom stereocenters. The lowest BCUT2D eigenvalue weighted by Crippen LogP contribution is -2.01. The van der Waals surface area contributed by atoms with Gasteiger partial charge in [-0.05, 0) is 18.9 Å². The molecule has 3 nitrogen and oxygen atoms in total. The van der Waals surface area contributed by atoms with E-state index in [4.69, 9.17) is 0 Å². The highest BCUT2D eigenvalue weighted by Crippen LogP contribution is 2.28. The van der Waals surface area contributed by atoms with Gasteiger partial charge in [0.15, 0.2) is 0 Å². The first-order chi connectivity index (χ1) is 7.11. The molecular formula is C12H14NO2. The average molecular weight is 204 g/mol. The van der Waals surface area contributed by atoms with Gasteiger partial charge in [-0.2, -0.15) is 0 Å². The molecule has 1 radical (unpaired) electrons. The third-order valence-electron chi connectivity index (χ3n) is 2.42. The molecule has 0 aliphatic carbocycles. The van der Waals surface area contributed by atoms with Gasteiger partial charge in [0.1, 0.15) is 0 Å². The third kappa shape index (κ3) is 2.24. The zero-order valence-corrected chi connectivity index (χ0v) is 8.77. The zero-order valence-electron chi connectivity index (χ0n) is 8.77. The predicted molar refractivity (Wildman–Crippen MR) is 60.8 cm³/mol. The van der Waals surface area contributed by atoms with E-state index in [1.165, 1.54) is 6.07 Å². The van der Waals surface area contributed by atoms with Crippen molar-refractivity contribution in [3.05, 3.63) is 59.0 Å². The van der Waals surface area contributed by atoms with Crippen molar-refractivity contribution in [1.29, 1.82) is 0 Å². The average Bonchev–Trinajstić information content (AvgIpc) is 2.26. The summed E-state index contributed by atoms with van der Waals surface area (Å²) in [6.07, 6.45) is 2.32. The molecular weight excluding hydrogens is 190 g/mol. The van der Waals surface area contributed by atoms with Crippen LogP contribution in [0, 0.1) is 17.0 Å². The van der Waals surface area contributed by atoms with E-state index in [2.05, 4.69) is 13.5 Å². The summed E-state index contributed by atoms with van der Waals surface area (Å²) >= 11 is 0. The first kappa shape index (κ1) is 11.4. The summed E-state index contributed by atoms with van der Waals surface area (Å²) in [4.78, 5) is 10.5. The van der Waals surface area contributed by atoms with Crippen molar-refractivity contribution in [3.8, 4) is 0 Å². The first-order valence-electron chi connectivity index (χ1n) is 4.83. The smallest absolute Gasteiger partial charge is 0.258 e. The van der Waals surface area contributed by atoms with E-state index in [9.17, 15) is 10.1 Å². The van der Waals surface area contributed by atoms with Crippen molar-refractivity contribution in [3.63, 3.8) is 0 Å². The van der Waals surface area contributed by atoms with Gasteiger partial charge < -0.3 is 0 Å². The molecule has 0 spiro atoms. The normalized spacial score (nSPS) is 12.1. The molecule has 0 aliphatic rings. The SMILES string of the molecule is [CH2]C(C=C)c1cccc([N+](=O)[O-])c1CC. The standard InChI is InChI=1S/C12H14NO2/c1-4-9(3)11-7-6-8-12(13(14)15)10(11)5-2/h4,6-9H,1,3,5H2,2H3. The van der Waals surface area contributed by atoms with Crippen LogP contribution in [0.15, 0.2) is 30.9 Å². The monoisotopic (exact) mass is 204 g/mol. The minimum absolute atomic E-state index is 0.0974. The largest absolute Gasteiger partial charge is 0.272 e. The van der Waals surface area contributed by atoms with E-state index < -0.39 is 0 Å². The summed E-state index contributed by atoms with van der Waals surface area (Å²) in [5.74, 6) is -0.0974. The Morgan fingerprint density at radius 2 is 2.27 bits per heavy atom. The molecule has 0 N–H and O–H groups in total. The Morgan fingerprint density at radius 1 is 1.60 bits per heavy atom. The van der Waals surface area contributed by atoms with Gasteiger partial charge in [0.2, 0.25) is 0 Å². The van der Waals surface area contributed by atoms with Crippen LogP contribution in [0.3, 0.4) is 0 Å². The van der Waals surface area contributed by atoms with Crippen LogP contribution in [-0.4, -0.2) is 4.92 Å². The summed E-state index contributed by atoms with van der Waals surface area (Å²) in [6.45, 7) is 9.45. The predicted octanol–water partition coefficient (Wildman–Crippen LogP) is 3.26. The number of nitro groups is 1. The van der Waals surface area contributed by atoms with Crippen LogP contribution in [-0.2, 0) is 6.42 Å². The Morgan fingerprint density at radius 3 is 2.73 bits per heavy atom. The molecule has 0 aromatic heterocycles. The second-order valence-corrected chi connectivity index (χ2v) is 3.30. The fourth-order valence-corrected chi connectivity index (χ4v) is 1.62. The first-order valence-corrected chi connectivity index (χ1v) is 4.83. The maximum atomic E-state index is 10.8. The molecule has 1 aromatic rings. The molecule has 1 atom stereocenters. The Bertz CT molecular complexity index is 385. The topological polar surface area (TPSA) is 43.1 Å². The highest BCUT2D eigenvalue weighted by atomic mass is 16.6. The van der Waals surface area contributed by atoms with Crippen molar-refractivity contribution < 1.29 is 4.92 Å². The molecule has 0 amide bonds.